The first-order valence-corrected chi connectivity index (χ1v) is 7.55. The summed E-state index contributed by atoms with van der Waals surface area (Å²) in [5.74, 6) is -1.14. The van der Waals surface area contributed by atoms with Crippen LogP contribution in [0.1, 0.15) is 28.4 Å². The van der Waals surface area contributed by atoms with Gasteiger partial charge in [-0.05, 0) is 36.4 Å². The molecule has 1 rings (SSSR count). The van der Waals surface area contributed by atoms with E-state index in [2.05, 4.69) is 5.32 Å². The molecule has 108 valence electrons. The molecule has 1 amide bonds. The Hall–Kier alpha value is -1.75. The molecule has 0 saturated heterocycles. The van der Waals surface area contributed by atoms with Crippen molar-refractivity contribution < 1.29 is 14.7 Å². The lowest BCUT2D eigenvalue weighted by molar-refractivity contribution is -0.131. The number of carboxylic acids is 1. The summed E-state index contributed by atoms with van der Waals surface area (Å²) in [4.78, 5) is 22.6. The van der Waals surface area contributed by atoms with Crippen LogP contribution in [-0.4, -0.2) is 35.0 Å². The molecule has 0 aliphatic heterocycles. The Morgan fingerprint density at radius 1 is 1.45 bits per heavy atom. The number of benzene rings is 1. The summed E-state index contributed by atoms with van der Waals surface area (Å²) in [7, 11) is 0. The Morgan fingerprint density at radius 3 is 2.75 bits per heavy atom. The van der Waals surface area contributed by atoms with Gasteiger partial charge in [0.25, 0.3) is 5.91 Å². The van der Waals surface area contributed by atoms with E-state index in [0.717, 1.165) is 11.6 Å². The number of thioether (sulfide) groups is 1. The maximum absolute atomic E-state index is 12.1. The van der Waals surface area contributed by atoms with Crippen LogP contribution in [0, 0.1) is 6.92 Å². The average Bonchev–Trinajstić information content (AvgIpc) is 2.43. The number of aliphatic carboxylic acids is 1. The highest BCUT2D eigenvalue weighted by molar-refractivity contribution is 7.99. The largest absolute Gasteiger partial charge is 0.478 e. The number of rotatable bonds is 6. The lowest BCUT2D eigenvalue weighted by Crippen LogP contribution is -2.29. The Labute approximate surface area is 123 Å². The molecule has 0 bridgehead atoms. The van der Waals surface area contributed by atoms with Crippen LogP contribution in [0.25, 0.3) is 6.08 Å². The topological polar surface area (TPSA) is 66.4 Å². The van der Waals surface area contributed by atoms with E-state index in [0.29, 0.717) is 22.9 Å². The van der Waals surface area contributed by atoms with Gasteiger partial charge in [0.15, 0.2) is 0 Å². The molecule has 5 heteroatoms. The quantitative estimate of drug-likeness (QED) is 0.791. The zero-order valence-electron chi connectivity index (χ0n) is 11.8. The third-order valence-corrected chi connectivity index (χ3v) is 3.85. The molecule has 1 atom stereocenters. The number of aryl methyl sites for hydroxylation is 1. The molecule has 0 saturated carbocycles. The average molecular weight is 293 g/mol. The van der Waals surface area contributed by atoms with Crippen LogP contribution >= 0.6 is 11.8 Å². The molecule has 2 N–H and O–H groups in total. The van der Waals surface area contributed by atoms with Crippen molar-refractivity contribution in [3.8, 4) is 0 Å². The second-order valence-corrected chi connectivity index (χ2v) is 5.78. The van der Waals surface area contributed by atoms with E-state index in [9.17, 15) is 9.59 Å². The summed E-state index contributed by atoms with van der Waals surface area (Å²) < 4.78 is 0. The number of carbonyl (C=O) groups excluding carboxylic acids is 1. The van der Waals surface area contributed by atoms with Crippen molar-refractivity contribution in [3.63, 3.8) is 0 Å². The van der Waals surface area contributed by atoms with E-state index in [1.165, 1.54) is 6.08 Å². The van der Waals surface area contributed by atoms with Crippen LogP contribution < -0.4 is 5.32 Å². The second-order valence-electron chi connectivity index (χ2n) is 4.50. The molecule has 0 fully saturated rings. The fourth-order valence-electron chi connectivity index (χ4n) is 1.57. The van der Waals surface area contributed by atoms with Crippen molar-refractivity contribution in [2.75, 3.05) is 12.8 Å². The maximum Gasteiger partial charge on any atom is 0.328 e. The summed E-state index contributed by atoms with van der Waals surface area (Å²) in [6.07, 6.45) is 4.53. The van der Waals surface area contributed by atoms with E-state index in [4.69, 9.17) is 5.11 Å². The first kappa shape index (κ1) is 16.3. The molecular formula is C15H19NO3S. The Kier molecular flexibility index (Phi) is 6.31. The minimum absolute atomic E-state index is 0.131. The van der Waals surface area contributed by atoms with E-state index in [1.54, 1.807) is 23.9 Å². The number of nitrogens with one attached hydrogen (secondary N) is 1. The predicted molar refractivity (Wildman–Crippen MR) is 83.2 cm³/mol. The van der Waals surface area contributed by atoms with Crippen molar-refractivity contribution in [2.45, 2.75) is 19.1 Å². The standard InChI is InChI=1S/C15H19NO3S/c1-10-4-5-12(6-7-14(17)18)8-13(10)15(19)16-9-11(2)20-3/h4-8,11H,9H2,1-3H3,(H,16,19)(H,17,18)/b7-6+. The molecule has 20 heavy (non-hydrogen) atoms. The van der Waals surface area contributed by atoms with Gasteiger partial charge in [-0.15, -0.1) is 0 Å². The van der Waals surface area contributed by atoms with Crippen molar-refractivity contribution in [3.05, 3.63) is 41.0 Å². The Bertz CT molecular complexity index is 526. The zero-order chi connectivity index (χ0) is 15.1. The third-order valence-electron chi connectivity index (χ3n) is 2.88. The van der Waals surface area contributed by atoms with Crippen LogP contribution in [0.4, 0.5) is 0 Å². The predicted octanol–water partition coefficient (Wildman–Crippen LogP) is 2.57. The third kappa shape index (κ3) is 5.09. The fourth-order valence-corrected chi connectivity index (χ4v) is 1.82. The summed E-state index contributed by atoms with van der Waals surface area (Å²) in [5, 5.41) is 11.9. The van der Waals surface area contributed by atoms with Crippen LogP contribution in [0.2, 0.25) is 0 Å². The number of hydrogen-bond acceptors (Lipinski definition) is 3. The summed E-state index contributed by atoms with van der Waals surface area (Å²) in [5.41, 5.74) is 2.14. The minimum atomic E-state index is -1.01. The normalized spacial score (nSPS) is 12.3. The monoisotopic (exact) mass is 293 g/mol. The molecule has 1 aromatic rings. The summed E-state index contributed by atoms with van der Waals surface area (Å²) >= 11 is 1.69. The van der Waals surface area contributed by atoms with Gasteiger partial charge < -0.3 is 10.4 Å². The van der Waals surface area contributed by atoms with Gasteiger partial charge in [-0.1, -0.05) is 19.1 Å². The zero-order valence-corrected chi connectivity index (χ0v) is 12.7. The van der Waals surface area contributed by atoms with Crippen LogP contribution in [0.5, 0.6) is 0 Å². The highest BCUT2D eigenvalue weighted by Gasteiger charge is 2.10. The first-order valence-electron chi connectivity index (χ1n) is 6.26. The first-order chi connectivity index (χ1) is 9.43. The fraction of sp³-hybridized carbons (Fsp3) is 0.333. The molecule has 0 radical (unpaired) electrons. The molecule has 4 nitrogen and oxygen atoms in total. The van der Waals surface area contributed by atoms with Gasteiger partial charge in [0.05, 0.1) is 0 Å². The highest BCUT2D eigenvalue weighted by Crippen LogP contribution is 2.13. The van der Waals surface area contributed by atoms with Gasteiger partial charge in [0.2, 0.25) is 0 Å². The van der Waals surface area contributed by atoms with Gasteiger partial charge in [-0.2, -0.15) is 11.8 Å². The van der Waals surface area contributed by atoms with E-state index in [1.807, 2.05) is 26.2 Å². The molecule has 0 aliphatic carbocycles. The van der Waals surface area contributed by atoms with Gasteiger partial charge >= 0.3 is 5.97 Å². The van der Waals surface area contributed by atoms with Crippen LogP contribution in [-0.2, 0) is 4.79 Å². The number of amides is 1. The maximum atomic E-state index is 12.1. The van der Waals surface area contributed by atoms with Crippen molar-refractivity contribution in [1.82, 2.24) is 5.32 Å². The summed E-state index contributed by atoms with van der Waals surface area (Å²) in [6.45, 7) is 4.51. The van der Waals surface area contributed by atoms with Gasteiger partial charge in [0.1, 0.15) is 0 Å². The van der Waals surface area contributed by atoms with E-state index < -0.39 is 5.97 Å². The number of carbonyl (C=O) groups is 2. The van der Waals surface area contributed by atoms with Crippen molar-refractivity contribution in [1.29, 1.82) is 0 Å². The molecule has 0 heterocycles. The lowest BCUT2D eigenvalue weighted by atomic mass is 10.0. The smallest absolute Gasteiger partial charge is 0.328 e. The SMILES string of the molecule is CSC(C)CNC(=O)c1cc(/C=C/C(=O)O)ccc1C. The summed E-state index contributed by atoms with van der Waals surface area (Å²) in [6, 6.07) is 5.30. The molecule has 1 unspecified atom stereocenters. The second kappa shape index (κ2) is 7.75. The highest BCUT2D eigenvalue weighted by atomic mass is 32.2. The Balaban J connectivity index is 2.85. The molecule has 0 aromatic heterocycles. The van der Waals surface area contributed by atoms with Crippen LogP contribution in [0.15, 0.2) is 24.3 Å². The number of hydrogen-bond donors (Lipinski definition) is 2. The van der Waals surface area contributed by atoms with Crippen molar-refractivity contribution >= 4 is 29.7 Å². The van der Waals surface area contributed by atoms with Crippen LogP contribution in [0.3, 0.4) is 0 Å². The van der Waals surface area contributed by atoms with Crippen molar-refractivity contribution in [2.24, 2.45) is 0 Å². The Morgan fingerprint density at radius 2 is 2.15 bits per heavy atom. The van der Waals surface area contributed by atoms with Gasteiger partial charge in [0, 0.05) is 23.4 Å². The molecule has 0 aliphatic rings. The van der Waals surface area contributed by atoms with Gasteiger partial charge in [-0.3, -0.25) is 4.79 Å². The van der Waals surface area contributed by atoms with E-state index >= 15 is 0 Å². The lowest BCUT2D eigenvalue weighted by Gasteiger charge is -2.11. The number of carboxylic acid groups (broad SMARTS) is 1. The van der Waals surface area contributed by atoms with Gasteiger partial charge in [-0.25, -0.2) is 4.79 Å². The molecule has 0 spiro atoms. The minimum Gasteiger partial charge on any atom is -0.478 e. The van der Waals surface area contributed by atoms with E-state index in [-0.39, 0.29) is 5.91 Å². The molecular weight excluding hydrogens is 274 g/mol. The molecule has 1 aromatic carbocycles.